The van der Waals surface area contributed by atoms with Crippen LogP contribution in [0.2, 0.25) is 5.02 Å². The number of hydrogen-bond donors (Lipinski definition) is 2. The van der Waals surface area contributed by atoms with Gasteiger partial charge in [0.25, 0.3) is 0 Å². The summed E-state index contributed by atoms with van der Waals surface area (Å²) in [7, 11) is 0. The van der Waals surface area contributed by atoms with E-state index in [0.29, 0.717) is 6.54 Å². The van der Waals surface area contributed by atoms with Gasteiger partial charge in [0.15, 0.2) is 0 Å². The highest BCUT2D eigenvalue weighted by Crippen LogP contribution is 2.25. The van der Waals surface area contributed by atoms with E-state index >= 15 is 0 Å². The summed E-state index contributed by atoms with van der Waals surface area (Å²) in [5.74, 6) is -0.574. The summed E-state index contributed by atoms with van der Waals surface area (Å²) in [5, 5.41) is 3.00. The van der Waals surface area contributed by atoms with Gasteiger partial charge in [0.05, 0.1) is 11.1 Å². The number of benzene rings is 1. The number of rotatable bonds is 3. The van der Waals surface area contributed by atoms with Gasteiger partial charge in [-0.2, -0.15) is 0 Å². The van der Waals surface area contributed by atoms with Crippen molar-refractivity contribution in [3.8, 4) is 0 Å². The van der Waals surface area contributed by atoms with Gasteiger partial charge >= 0.3 is 0 Å². The molecule has 1 aliphatic heterocycles. The van der Waals surface area contributed by atoms with Crippen LogP contribution in [-0.4, -0.2) is 31.1 Å². The molecule has 0 saturated carbocycles. The van der Waals surface area contributed by atoms with Gasteiger partial charge in [0.1, 0.15) is 5.82 Å². The van der Waals surface area contributed by atoms with Gasteiger partial charge in [-0.15, -0.1) is 0 Å². The molecule has 0 spiro atoms. The van der Waals surface area contributed by atoms with Gasteiger partial charge in [-0.3, -0.25) is 4.79 Å². The lowest BCUT2D eigenvalue weighted by Gasteiger charge is -2.20. The standard InChI is InChI=1S/C13H17ClFN3O/c1-8(16)13(19)17-9-4-5-18(7-9)10-2-3-12(15)11(14)6-10/h2-3,6,8-9H,4-5,7,16H2,1H3,(H,17,19)/t8-,9?/m1/s1. The molecule has 1 amide bonds. The normalized spacial score (nSPS) is 20.4. The second-order valence-electron chi connectivity index (χ2n) is 4.83. The molecule has 1 saturated heterocycles. The molecule has 0 aromatic heterocycles. The molecule has 1 aliphatic rings. The van der Waals surface area contributed by atoms with Crippen LogP contribution in [0.3, 0.4) is 0 Å². The average molecular weight is 286 g/mol. The van der Waals surface area contributed by atoms with Crippen LogP contribution in [0, 0.1) is 5.82 Å². The van der Waals surface area contributed by atoms with Crippen molar-refractivity contribution in [3.05, 3.63) is 29.0 Å². The van der Waals surface area contributed by atoms with E-state index in [4.69, 9.17) is 17.3 Å². The lowest BCUT2D eigenvalue weighted by Crippen LogP contribution is -2.44. The first kappa shape index (κ1) is 14.1. The summed E-state index contributed by atoms with van der Waals surface area (Å²) in [5.41, 5.74) is 6.38. The summed E-state index contributed by atoms with van der Waals surface area (Å²) >= 11 is 5.77. The Morgan fingerprint density at radius 3 is 3.00 bits per heavy atom. The smallest absolute Gasteiger partial charge is 0.236 e. The minimum atomic E-state index is -0.505. The third kappa shape index (κ3) is 3.36. The largest absolute Gasteiger partial charge is 0.369 e. The predicted molar refractivity (Wildman–Crippen MR) is 73.8 cm³/mol. The number of hydrogen-bond acceptors (Lipinski definition) is 3. The van der Waals surface area contributed by atoms with Crippen molar-refractivity contribution in [2.45, 2.75) is 25.4 Å². The van der Waals surface area contributed by atoms with E-state index in [2.05, 4.69) is 10.2 Å². The summed E-state index contributed by atoms with van der Waals surface area (Å²) in [6.45, 7) is 3.13. The van der Waals surface area contributed by atoms with Crippen molar-refractivity contribution in [1.82, 2.24) is 5.32 Å². The molecule has 1 aromatic carbocycles. The van der Waals surface area contributed by atoms with Crippen molar-refractivity contribution in [2.24, 2.45) is 5.73 Å². The summed E-state index contributed by atoms with van der Waals surface area (Å²) in [6.07, 6.45) is 0.841. The molecule has 2 rings (SSSR count). The quantitative estimate of drug-likeness (QED) is 0.885. The number of nitrogens with zero attached hydrogens (tertiary/aromatic N) is 1. The molecule has 6 heteroatoms. The Hall–Kier alpha value is -1.33. The molecule has 2 atom stereocenters. The number of anilines is 1. The minimum Gasteiger partial charge on any atom is -0.369 e. The lowest BCUT2D eigenvalue weighted by molar-refractivity contribution is -0.122. The van der Waals surface area contributed by atoms with Crippen LogP contribution >= 0.6 is 11.6 Å². The Balaban J connectivity index is 1.98. The van der Waals surface area contributed by atoms with Crippen molar-refractivity contribution in [1.29, 1.82) is 0 Å². The minimum absolute atomic E-state index is 0.0716. The van der Waals surface area contributed by atoms with Crippen molar-refractivity contribution < 1.29 is 9.18 Å². The number of halogens is 2. The van der Waals surface area contributed by atoms with Crippen molar-refractivity contribution in [2.75, 3.05) is 18.0 Å². The molecular weight excluding hydrogens is 269 g/mol. The first-order valence-electron chi connectivity index (χ1n) is 6.23. The van der Waals surface area contributed by atoms with Gasteiger partial charge in [0.2, 0.25) is 5.91 Å². The molecule has 3 N–H and O–H groups in total. The van der Waals surface area contributed by atoms with Crippen molar-refractivity contribution in [3.63, 3.8) is 0 Å². The van der Waals surface area contributed by atoms with Crippen LogP contribution in [0.25, 0.3) is 0 Å². The highest BCUT2D eigenvalue weighted by molar-refractivity contribution is 6.31. The highest BCUT2D eigenvalue weighted by Gasteiger charge is 2.25. The Morgan fingerprint density at radius 1 is 1.63 bits per heavy atom. The molecular formula is C13H17ClFN3O. The van der Waals surface area contributed by atoms with Gasteiger partial charge in [-0.1, -0.05) is 11.6 Å². The van der Waals surface area contributed by atoms with Crippen LogP contribution in [0.1, 0.15) is 13.3 Å². The number of amides is 1. The lowest BCUT2D eigenvalue weighted by atomic mass is 10.2. The fourth-order valence-corrected chi connectivity index (χ4v) is 2.30. The zero-order valence-corrected chi connectivity index (χ0v) is 11.5. The summed E-state index contributed by atoms with van der Waals surface area (Å²) in [6, 6.07) is 4.21. The predicted octanol–water partition coefficient (Wildman–Crippen LogP) is 1.52. The van der Waals surface area contributed by atoms with Gasteiger partial charge in [-0.25, -0.2) is 4.39 Å². The van der Waals surface area contributed by atoms with E-state index in [1.54, 1.807) is 19.1 Å². The second-order valence-corrected chi connectivity index (χ2v) is 5.23. The maximum absolute atomic E-state index is 13.1. The Kier molecular flexibility index (Phi) is 4.27. The Morgan fingerprint density at radius 2 is 2.37 bits per heavy atom. The molecule has 0 radical (unpaired) electrons. The van der Waals surface area contributed by atoms with E-state index < -0.39 is 11.9 Å². The first-order valence-corrected chi connectivity index (χ1v) is 6.61. The number of nitrogens with two attached hydrogens (primary N) is 1. The van der Waals surface area contributed by atoms with Crippen molar-refractivity contribution >= 4 is 23.2 Å². The molecule has 4 nitrogen and oxygen atoms in total. The average Bonchev–Trinajstić information content (AvgIpc) is 2.81. The van der Waals surface area contributed by atoms with E-state index in [1.807, 2.05) is 0 Å². The van der Waals surface area contributed by atoms with Gasteiger partial charge < -0.3 is 16.0 Å². The second kappa shape index (κ2) is 5.75. The fraction of sp³-hybridized carbons (Fsp3) is 0.462. The fourth-order valence-electron chi connectivity index (χ4n) is 2.13. The highest BCUT2D eigenvalue weighted by atomic mass is 35.5. The zero-order valence-electron chi connectivity index (χ0n) is 10.7. The van der Waals surface area contributed by atoms with E-state index in [1.165, 1.54) is 6.07 Å². The van der Waals surface area contributed by atoms with Crippen LogP contribution in [-0.2, 0) is 4.79 Å². The molecule has 1 fully saturated rings. The number of carbonyl (C=O) groups is 1. The molecule has 104 valence electrons. The molecule has 19 heavy (non-hydrogen) atoms. The molecule has 1 heterocycles. The summed E-state index contributed by atoms with van der Waals surface area (Å²) in [4.78, 5) is 13.6. The topological polar surface area (TPSA) is 58.4 Å². The molecule has 1 aromatic rings. The van der Waals surface area contributed by atoms with E-state index in [-0.39, 0.29) is 17.0 Å². The van der Waals surface area contributed by atoms with Crippen LogP contribution < -0.4 is 16.0 Å². The van der Waals surface area contributed by atoms with Gasteiger partial charge in [-0.05, 0) is 31.5 Å². The van der Waals surface area contributed by atoms with Crippen LogP contribution in [0.15, 0.2) is 18.2 Å². The molecule has 0 bridgehead atoms. The molecule has 0 aliphatic carbocycles. The van der Waals surface area contributed by atoms with Gasteiger partial charge in [0, 0.05) is 24.8 Å². The van der Waals surface area contributed by atoms with E-state index in [0.717, 1.165) is 18.7 Å². The third-order valence-electron chi connectivity index (χ3n) is 3.22. The maximum atomic E-state index is 13.1. The maximum Gasteiger partial charge on any atom is 0.236 e. The summed E-state index contributed by atoms with van der Waals surface area (Å²) < 4.78 is 13.1. The van der Waals surface area contributed by atoms with Crippen LogP contribution in [0.5, 0.6) is 0 Å². The molecule has 1 unspecified atom stereocenters. The number of carbonyl (C=O) groups excluding carboxylic acids is 1. The Bertz CT molecular complexity index is 481. The first-order chi connectivity index (χ1) is 8.97. The zero-order chi connectivity index (χ0) is 14.0. The van der Waals surface area contributed by atoms with Crippen LogP contribution in [0.4, 0.5) is 10.1 Å². The van der Waals surface area contributed by atoms with E-state index in [9.17, 15) is 9.18 Å². The number of nitrogens with one attached hydrogen (secondary N) is 1. The SMILES string of the molecule is C[C@@H](N)C(=O)NC1CCN(c2ccc(F)c(Cl)c2)C1. The monoisotopic (exact) mass is 285 g/mol. The third-order valence-corrected chi connectivity index (χ3v) is 3.51. The Labute approximate surface area is 116 Å².